The van der Waals surface area contributed by atoms with Crippen molar-refractivity contribution < 1.29 is 4.79 Å². The first-order chi connectivity index (χ1) is 7.65. The molecule has 0 saturated carbocycles. The van der Waals surface area contributed by atoms with E-state index in [-0.39, 0.29) is 12.2 Å². The molecule has 0 aliphatic carbocycles. The van der Waals surface area contributed by atoms with Crippen LogP contribution in [0.25, 0.3) is 0 Å². The fourth-order valence-corrected chi connectivity index (χ4v) is 2.99. The molecule has 0 radical (unpaired) electrons. The summed E-state index contributed by atoms with van der Waals surface area (Å²) in [6.07, 6.45) is 5.41. The Kier molecular flexibility index (Phi) is 5.62. The molecule has 0 spiro atoms. The molecule has 1 rings (SSSR count). The maximum atomic E-state index is 12.2. The first-order valence-corrected chi connectivity index (χ1v) is 7.62. The van der Waals surface area contributed by atoms with Gasteiger partial charge in [-0.05, 0) is 26.0 Å². The Labute approximate surface area is 103 Å². The van der Waals surface area contributed by atoms with Gasteiger partial charge in [0.25, 0.3) is 0 Å². The zero-order chi connectivity index (χ0) is 12.1. The molecule has 16 heavy (non-hydrogen) atoms. The van der Waals surface area contributed by atoms with Gasteiger partial charge in [0.15, 0.2) is 0 Å². The lowest BCUT2D eigenvalue weighted by Gasteiger charge is -2.29. The van der Waals surface area contributed by atoms with Gasteiger partial charge in [-0.25, -0.2) is 0 Å². The number of hydrogen-bond donors (Lipinski definition) is 1. The number of thioether (sulfide) groups is 1. The molecule has 1 saturated heterocycles. The Morgan fingerprint density at radius 1 is 1.50 bits per heavy atom. The van der Waals surface area contributed by atoms with Gasteiger partial charge in [-0.1, -0.05) is 20.3 Å². The van der Waals surface area contributed by atoms with Gasteiger partial charge in [-0.2, -0.15) is 11.8 Å². The highest BCUT2D eigenvalue weighted by atomic mass is 32.2. The maximum Gasteiger partial charge on any atom is 0.241 e. The highest BCUT2D eigenvalue weighted by Gasteiger charge is 2.39. The van der Waals surface area contributed by atoms with E-state index in [1.807, 2.05) is 0 Å². The maximum absolute atomic E-state index is 12.2. The van der Waals surface area contributed by atoms with E-state index in [0.29, 0.717) is 11.9 Å². The minimum absolute atomic E-state index is 0.0425. The normalized spacial score (nSPS) is 27.5. The topological polar surface area (TPSA) is 32.3 Å². The van der Waals surface area contributed by atoms with E-state index in [9.17, 15) is 4.79 Å². The molecule has 0 aromatic heterocycles. The first-order valence-electron chi connectivity index (χ1n) is 6.22. The van der Waals surface area contributed by atoms with Crippen LogP contribution in [0.1, 0.15) is 40.0 Å². The smallest absolute Gasteiger partial charge is 0.241 e. The van der Waals surface area contributed by atoms with E-state index in [4.69, 9.17) is 0 Å². The van der Waals surface area contributed by atoms with Crippen LogP contribution in [0.4, 0.5) is 0 Å². The van der Waals surface area contributed by atoms with Gasteiger partial charge in [0.05, 0.1) is 12.2 Å². The fraction of sp³-hybridized carbons (Fsp3) is 0.917. The third-order valence-electron chi connectivity index (χ3n) is 3.14. The second-order valence-corrected chi connectivity index (χ2v) is 5.39. The van der Waals surface area contributed by atoms with Crippen molar-refractivity contribution in [3.8, 4) is 0 Å². The van der Waals surface area contributed by atoms with E-state index in [1.54, 1.807) is 11.8 Å². The Balaban J connectivity index is 2.71. The molecule has 1 amide bonds. The molecule has 0 aromatic rings. The van der Waals surface area contributed by atoms with Crippen molar-refractivity contribution in [3.05, 3.63) is 0 Å². The lowest BCUT2D eigenvalue weighted by Crippen LogP contribution is -2.44. The van der Waals surface area contributed by atoms with Crippen LogP contribution in [-0.2, 0) is 4.79 Å². The molecule has 4 heteroatoms. The number of nitrogens with one attached hydrogen (secondary N) is 1. The molecule has 3 unspecified atom stereocenters. The lowest BCUT2D eigenvalue weighted by molar-refractivity contribution is -0.131. The molecule has 94 valence electrons. The van der Waals surface area contributed by atoms with Gasteiger partial charge in [0, 0.05) is 11.8 Å². The van der Waals surface area contributed by atoms with Crippen LogP contribution >= 0.6 is 11.8 Å². The summed E-state index contributed by atoms with van der Waals surface area (Å²) in [7, 11) is 0. The molecule has 0 bridgehead atoms. The first kappa shape index (κ1) is 13.8. The number of hydrogen-bond acceptors (Lipinski definition) is 3. The second kappa shape index (κ2) is 6.50. The van der Waals surface area contributed by atoms with E-state index >= 15 is 0 Å². The van der Waals surface area contributed by atoms with Gasteiger partial charge in [0.2, 0.25) is 5.91 Å². The summed E-state index contributed by atoms with van der Waals surface area (Å²) in [5, 5.41) is 3.45. The monoisotopic (exact) mass is 244 g/mol. The van der Waals surface area contributed by atoms with Gasteiger partial charge < -0.3 is 4.90 Å². The van der Waals surface area contributed by atoms with Crippen LogP contribution in [-0.4, -0.2) is 41.1 Å². The van der Waals surface area contributed by atoms with Crippen molar-refractivity contribution in [1.82, 2.24) is 10.2 Å². The van der Waals surface area contributed by atoms with Crippen LogP contribution in [0.5, 0.6) is 0 Å². The number of nitrogens with zero attached hydrogens (tertiary/aromatic N) is 1. The summed E-state index contributed by atoms with van der Waals surface area (Å²) >= 11 is 1.81. The van der Waals surface area contributed by atoms with Crippen LogP contribution in [0.15, 0.2) is 0 Å². The number of amides is 1. The predicted octanol–water partition coefficient (Wildman–Crippen LogP) is 2.07. The van der Waals surface area contributed by atoms with Crippen LogP contribution in [0.2, 0.25) is 0 Å². The molecule has 0 aromatic carbocycles. The summed E-state index contributed by atoms with van der Waals surface area (Å²) in [6.45, 7) is 6.39. The summed E-state index contributed by atoms with van der Waals surface area (Å²) in [5.41, 5.74) is 0. The Morgan fingerprint density at radius 3 is 2.69 bits per heavy atom. The third-order valence-corrected chi connectivity index (χ3v) is 3.95. The minimum atomic E-state index is 0.0425. The Hall–Kier alpha value is -0.220. The Morgan fingerprint density at radius 2 is 2.19 bits per heavy atom. The number of carbonyl (C=O) groups is 1. The summed E-state index contributed by atoms with van der Waals surface area (Å²) in [4.78, 5) is 14.3. The van der Waals surface area contributed by atoms with Crippen molar-refractivity contribution in [3.63, 3.8) is 0 Å². The van der Waals surface area contributed by atoms with Crippen molar-refractivity contribution in [2.45, 2.75) is 58.3 Å². The van der Waals surface area contributed by atoms with Gasteiger partial charge in [0.1, 0.15) is 0 Å². The van der Waals surface area contributed by atoms with Crippen LogP contribution < -0.4 is 5.32 Å². The highest BCUT2D eigenvalue weighted by Crippen LogP contribution is 2.21. The fourth-order valence-electron chi connectivity index (χ4n) is 2.35. The van der Waals surface area contributed by atoms with Crippen molar-refractivity contribution >= 4 is 17.7 Å². The molecular formula is C12H24N2OS. The zero-order valence-electron chi connectivity index (χ0n) is 10.8. The average Bonchev–Trinajstić information content (AvgIpc) is 2.56. The van der Waals surface area contributed by atoms with Crippen LogP contribution in [0.3, 0.4) is 0 Å². The van der Waals surface area contributed by atoms with Gasteiger partial charge in [-0.15, -0.1) is 0 Å². The molecule has 1 fully saturated rings. The molecule has 1 aliphatic heterocycles. The van der Waals surface area contributed by atoms with Gasteiger partial charge >= 0.3 is 0 Å². The standard InChI is InChI=1S/C12H24N2OS/c1-5-7-11-13-10(6-2)12(15)14(11)9(3)8-16-4/h9-11,13H,5-8H2,1-4H3. The minimum Gasteiger partial charge on any atom is -0.322 e. The summed E-state index contributed by atoms with van der Waals surface area (Å²) < 4.78 is 0. The molecule has 1 aliphatic rings. The quantitative estimate of drug-likeness (QED) is 0.776. The molecule has 1 heterocycles. The lowest BCUT2D eigenvalue weighted by atomic mass is 10.2. The van der Waals surface area contributed by atoms with Gasteiger partial charge in [-0.3, -0.25) is 10.1 Å². The van der Waals surface area contributed by atoms with E-state index in [1.165, 1.54) is 0 Å². The third kappa shape index (κ3) is 2.92. The van der Waals surface area contributed by atoms with Crippen molar-refractivity contribution in [2.24, 2.45) is 0 Å². The number of carbonyl (C=O) groups excluding carboxylic acids is 1. The molecular weight excluding hydrogens is 220 g/mol. The zero-order valence-corrected chi connectivity index (χ0v) is 11.6. The Bertz CT molecular complexity index is 235. The van der Waals surface area contributed by atoms with E-state index in [0.717, 1.165) is 25.0 Å². The second-order valence-electron chi connectivity index (χ2n) is 4.48. The van der Waals surface area contributed by atoms with Crippen LogP contribution in [0, 0.1) is 0 Å². The van der Waals surface area contributed by atoms with Crippen molar-refractivity contribution in [2.75, 3.05) is 12.0 Å². The predicted molar refractivity (Wildman–Crippen MR) is 70.6 cm³/mol. The SMILES string of the molecule is CCCC1NC(CC)C(=O)N1C(C)CSC. The number of rotatable bonds is 6. The summed E-state index contributed by atoms with van der Waals surface area (Å²) in [6, 6.07) is 0.379. The highest BCUT2D eigenvalue weighted by molar-refractivity contribution is 7.98. The molecule has 3 nitrogen and oxygen atoms in total. The largest absolute Gasteiger partial charge is 0.322 e. The average molecular weight is 244 g/mol. The van der Waals surface area contributed by atoms with E-state index < -0.39 is 0 Å². The molecule has 3 atom stereocenters. The molecule has 1 N–H and O–H groups in total. The van der Waals surface area contributed by atoms with Crippen molar-refractivity contribution in [1.29, 1.82) is 0 Å². The van der Waals surface area contributed by atoms with E-state index in [2.05, 4.69) is 37.2 Å². The summed E-state index contributed by atoms with van der Waals surface area (Å²) in [5.74, 6) is 1.31.